The van der Waals surface area contributed by atoms with E-state index in [9.17, 15) is 9.59 Å². The Hall–Kier alpha value is -2.70. The maximum absolute atomic E-state index is 12.7. The average molecular weight is 353 g/mol. The molecule has 7 nitrogen and oxygen atoms in total. The van der Waals surface area contributed by atoms with Gasteiger partial charge >= 0.3 is 0 Å². The summed E-state index contributed by atoms with van der Waals surface area (Å²) in [6.45, 7) is 3.29. The monoisotopic (exact) mass is 353 g/mol. The third-order valence-corrected chi connectivity index (χ3v) is 5.09. The van der Waals surface area contributed by atoms with Crippen molar-refractivity contribution in [3.8, 4) is 5.69 Å². The third-order valence-electron chi connectivity index (χ3n) is 5.09. The molecule has 1 saturated heterocycles. The highest BCUT2D eigenvalue weighted by atomic mass is 16.2. The number of carbonyl (C=O) groups excluding carboxylic acids is 2. The first-order chi connectivity index (χ1) is 12.6. The minimum Gasteiger partial charge on any atom is -0.353 e. The van der Waals surface area contributed by atoms with E-state index in [-0.39, 0.29) is 23.8 Å². The Kier molecular flexibility index (Phi) is 4.44. The van der Waals surface area contributed by atoms with Crippen molar-refractivity contribution in [1.29, 1.82) is 0 Å². The lowest BCUT2D eigenvalue weighted by atomic mass is 10.0. The third kappa shape index (κ3) is 3.61. The van der Waals surface area contributed by atoms with Gasteiger partial charge in [-0.1, -0.05) is 22.9 Å². The number of piperidine rings is 1. The quantitative estimate of drug-likeness (QED) is 0.907. The predicted molar refractivity (Wildman–Crippen MR) is 95.9 cm³/mol. The molecule has 2 heterocycles. The van der Waals surface area contributed by atoms with E-state index in [1.165, 1.54) is 5.56 Å². The van der Waals surface area contributed by atoms with Gasteiger partial charge in [0.05, 0.1) is 11.9 Å². The molecule has 136 valence electrons. The number of benzene rings is 1. The second-order valence-electron chi connectivity index (χ2n) is 7.23. The Balaban J connectivity index is 1.35. The molecule has 0 unspecified atom stereocenters. The van der Waals surface area contributed by atoms with Crippen molar-refractivity contribution in [2.24, 2.45) is 5.92 Å². The lowest BCUT2D eigenvalue weighted by molar-refractivity contribution is -0.123. The van der Waals surface area contributed by atoms with E-state index in [0.717, 1.165) is 31.4 Å². The second-order valence-corrected chi connectivity index (χ2v) is 7.23. The average Bonchev–Trinajstić information content (AvgIpc) is 3.40. The van der Waals surface area contributed by atoms with Gasteiger partial charge in [0, 0.05) is 25.0 Å². The SMILES string of the molecule is Cc1ccc(-n2cc(C(=O)N3CCC(NC(=O)C4CC4)CC3)nn2)cc1. The summed E-state index contributed by atoms with van der Waals surface area (Å²) >= 11 is 0. The Morgan fingerprint density at radius 2 is 1.77 bits per heavy atom. The Morgan fingerprint density at radius 1 is 1.08 bits per heavy atom. The number of nitrogens with zero attached hydrogens (tertiary/aromatic N) is 4. The van der Waals surface area contributed by atoms with E-state index in [0.29, 0.717) is 18.8 Å². The smallest absolute Gasteiger partial charge is 0.276 e. The highest BCUT2D eigenvalue weighted by molar-refractivity contribution is 5.92. The number of nitrogens with one attached hydrogen (secondary N) is 1. The maximum atomic E-state index is 12.7. The van der Waals surface area contributed by atoms with Crippen LogP contribution in [0.15, 0.2) is 30.5 Å². The summed E-state index contributed by atoms with van der Waals surface area (Å²) in [5.74, 6) is 0.303. The number of carbonyl (C=O) groups is 2. The first-order valence-electron chi connectivity index (χ1n) is 9.19. The molecule has 0 radical (unpaired) electrons. The zero-order chi connectivity index (χ0) is 18.1. The number of hydrogen-bond donors (Lipinski definition) is 1. The van der Waals surface area contributed by atoms with Crippen molar-refractivity contribution in [3.63, 3.8) is 0 Å². The van der Waals surface area contributed by atoms with Crippen LogP contribution in [0.1, 0.15) is 41.7 Å². The molecule has 1 N–H and O–H groups in total. The molecule has 1 aliphatic heterocycles. The van der Waals surface area contributed by atoms with Crippen LogP contribution in [-0.2, 0) is 4.79 Å². The summed E-state index contributed by atoms with van der Waals surface area (Å²) in [5, 5.41) is 11.2. The van der Waals surface area contributed by atoms with Crippen LogP contribution in [0.2, 0.25) is 0 Å². The summed E-state index contributed by atoms with van der Waals surface area (Å²) in [7, 11) is 0. The van der Waals surface area contributed by atoms with E-state index in [1.54, 1.807) is 15.8 Å². The van der Waals surface area contributed by atoms with Crippen molar-refractivity contribution in [1.82, 2.24) is 25.2 Å². The molecule has 1 aromatic heterocycles. The van der Waals surface area contributed by atoms with Gasteiger partial charge in [0.15, 0.2) is 5.69 Å². The topological polar surface area (TPSA) is 80.1 Å². The molecule has 2 aliphatic rings. The predicted octanol–water partition coefficient (Wildman–Crippen LogP) is 1.71. The Bertz CT molecular complexity index is 802. The molecular formula is C19H23N5O2. The van der Waals surface area contributed by atoms with E-state index < -0.39 is 0 Å². The van der Waals surface area contributed by atoms with Gasteiger partial charge < -0.3 is 10.2 Å². The maximum Gasteiger partial charge on any atom is 0.276 e. The molecule has 7 heteroatoms. The normalized spacial score (nSPS) is 18.0. The minimum atomic E-state index is -0.102. The van der Waals surface area contributed by atoms with Gasteiger partial charge in [-0.15, -0.1) is 5.10 Å². The van der Waals surface area contributed by atoms with Gasteiger partial charge in [-0.2, -0.15) is 0 Å². The van der Waals surface area contributed by atoms with Crippen LogP contribution < -0.4 is 5.32 Å². The van der Waals surface area contributed by atoms with E-state index in [1.807, 2.05) is 31.2 Å². The first-order valence-corrected chi connectivity index (χ1v) is 9.19. The fraction of sp³-hybridized carbons (Fsp3) is 0.474. The van der Waals surface area contributed by atoms with Crippen molar-refractivity contribution in [2.75, 3.05) is 13.1 Å². The van der Waals surface area contributed by atoms with Crippen molar-refractivity contribution >= 4 is 11.8 Å². The Labute approximate surface area is 152 Å². The number of amides is 2. The highest BCUT2D eigenvalue weighted by Crippen LogP contribution is 2.29. The Morgan fingerprint density at radius 3 is 2.42 bits per heavy atom. The molecule has 0 bridgehead atoms. The van der Waals surface area contributed by atoms with Gasteiger partial charge in [-0.3, -0.25) is 9.59 Å². The molecule has 2 aromatic rings. The number of likely N-dealkylation sites (tertiary alicyclic amines) is 1. The van der Waals surface area contributed by atoms with Crippen molar-refractivity contribution < 1.29 is 9.59 Å². The zero-order valence-electron chi connectivity index (χ0n) is 14.9. The lowest BCUT2D eigenvalue weighted by Gasteiger charge is -2.31. The molecule has 2 fully saturated rings. The number of aryl methyl sites for hydroxylation is 1. The van der Waals surface area contributed by atoms with Gasteiger partial charge in [0.2, 0.25) is 5.91 Å². The summed E-state index contributed by atoms with van der Waals surface area (Å²) < 4.78 is 1.62. The molecule has 1 saturated carbocycles. The molecule has 2 amide bonds. The van der Waals surface area contributed by atoms with Crippen LogP contribution in [0.5, 0.6) is 0 Å². The van der Waals surface area contributed by atoms with Gasteiger partial charge in [0.1, 0.15) is 0 Å². The van der Waals surface area contributed by atoms with Crippen LogP contribution in [0.25, 0.3) is 5.69 Å². The van der Waals surface area contributed by atoms with Crippen LogP contribution >= 0.6 is 0 Å². The number of aromatic nitrogens is 3. The van der Waals surface area contributed by atoms with Crippen molar-refractivity contribution in [3.05, 3.63) is 41.7 Å². The lowest BCUT2D eigenvalue weighted by Crippen LogP contribution is -2.47. The molecule has 26 heavy (non-hydrogen) atoms. The van der Waals surface area contributed by atoms with Gasteiger partial charge in [-0.25, -0.2) is 4.68 Å². The fourth-order valence-electron chi connectivity index (χ4n) is 3.24. The second kappa shape index (κ2) is 6.90. The highest BCUT2D eigenvalue weighted by Gasteiger charge is 2.32. The van der Waals surface area contributed by atoms with Crippen LogP contribution in [0, 0.1) is 12.8 Å². The summed E-state index contributed by atoms with van der Waals surface area (Å²) in [5.41, 5.74) is 2.40. The number of hydrogen-bond acceptors (Lipinski definition) is 4. The summed E-state index contributed by atoms with van der Waals surface area (Å²) in [6.07, 6.45) is 5.28. The minimum absolute atomic E-state index is 0.102. The largest absolute Gasteiger partial charge is 0.353 e. The van der Waals surface area contributed by atoms with Crippen LogP contribution in [-0.4, -0.2) is 50.8 Å². The van der Waals surface area contributed by atoms with Crippen LogP contribution in [0.4, 0.5) is 0 Å². The first kappa shape index (κ1) is 16.8. The fourth-order valence-corrected chi connectivity index (χ4v) is 3.24. The molecule has 0 atom stereocenters. The van der Waals surface area contributed by atoms with Gasteiger partial charge in [0.25, 0.3) is 5.91 Å². The van der Waals surface area contributed by atoms with E-state index in [4.69, 9.17) is 0 Å². The molecule has 0 spiro atoms. The van der Waals surface area contributed by atoms with Gasteiger partial charge in [-0.05, 0) is 44.7 Å². The molecule has 1 aliphatic carbocycles. The van der Waals surface area contributed by atoms with E-state index in [2.05, 4.69) is 15.6 Å². The van der Waals surface area contributed by atoms with Crippen molar-refractivity contribution in [2.45, 2.75) is 38.6 Å². The van der Waals surface area contributed by atoms with Crippen LogP contribution in [0.3, 0.4) is 0 Å². The zero-order valence-corrected chi connectivity index (χ0v) is 14.9. The number of rotatable bonds is 4. The molecular weight excluding hydrogens is 330 g/mol. The molecule has 4 rings (SSSR count). The standard InChI is InChI=1S/C19H23N5O2/c1-13-2-6-16(7-3-13)24-12-17(21-22-24)19(26)23-10-8-15(9-11-23)20-18(25)14-4-5-14/h2-3,6-7,12,14-15H,4-5,8-11H2,1H3,(H,20,25). The van der Waals surface area contributed by atoms with E-state index >= 15 is 0 Å². The summed E-state index contributed by atoms with van der Waals surface area (Å²) in [6, 6.07) is 8.08. The summed E-state index contributed by atoms with van der Waals surface area (Å²) in [4.78, 5) is 26.3. The molecule has 1 aromatic carbocycles.